The Hall–Kier alpha value is -1.83. The van der Waals surface area contributed by atoms with Crippen LogP contribution in [-0.2, 0) is 14.8 Å². The van der Waals surface area contributed by atoms with Gasteiger partial charge in [0.1, 0.15) is 0 Å². The van der Waals surface area contributed by atoms with Crippen LogP contribution >= 0.6 is 11.8 Å². The zero-order valence-corrected chi connectivity index (χ0v) is 18.4. The van der Waals surface area contributed by atoms with Gasteiger partial charge in [-0.2, -0.15) is 4.31 Å². The molecular weight excluding hydrogens is 404 g/mol. The van der Waals surface area contributed by atoms with Crippen molar-refractivity contribution < 1.29 is 13.2 Å². The second-order valence-corrected chi connectivity index (χ2v) is 10.4. The monoisotopic (exact) mass is 432 g/mol. The molecule has 1 fully saturated rings. The number of thioether (sulfide) groups is 1. The number of anilines is 1. The number of carbonyl (C=O) groups excluding carboxylic acids is 1. The quantitative estimate of drug-likeness (QED) is 0.645. The Morgan fingerprint density at radius 1 is 0.966 bits per heavy atom. The molecule has 1 heterocycles. The van der Waals surface area contributed by atoms with Crippen LogP contribution in [-0.4, -0.2) is 37.5 Å². The molecule has 2 aromatic rings. The lowest BCUT2D eigenvalue weighted by molar-refractivity contribution is -0.115. The first kappa shape index (κ1) is 21.9. The van der Waals surface area contributed by atoms with E-state index in [9.17, 15) is 13.2 Å². The number of nitrogens with one attached hydrogen (secondary N) is 1. The van der Waals surface area contributed by atoms with E-state index in [1.807, 2.05) is 6.92 Å². The maximum absolute atomic E-state index is 12.8. The van der Waals surface area contributed by atoms with Crippen molar-refractivity contribution >= 4 is 33.4 Å². The number of rotatable bonds is 7. The van der Waals surface area contributed by atoms with Crippen molar-refractivity contribution in [3.05, 3.63) is 54.1 Å². The van der Waals surface area contributed by atoms with Gasteiger partial charge in [-0.25, -0.2) is 8.42 Å². The van der Waals surface area contributed by atoms with Crippen molar-refractivity contribution in [3.8, 4) is 0 Å². The van der Waals surface area contributed by atoms with Crippen molar-refractivity contribution in [2.75, 3.05) is 24.2 Å². The highest BCUT2D eigenvalue weighted by atomic mass is 32.2. The molecule has 0 aliphatic carbocycles. The number of sulfonamides is 1. The van der Waals surface area contributed by atoms with Gasteiger partial charge in [0.25, 0.3) is 0 Å². The van der Waals surface area contributed by atoms with Crippen molar-refractivity contribution in [2.24, 2.45) is 0 Å². The maximum atomic E-state index is 12.8. The van der Waals surface area contributed by atoms with Crippen molar-refractivity contribution in [1.29, 1.82) is 0 Å². The smallest absolute Gasteiger partial charge is 0.243 e. The zero-order valence-electron chi connectivity index (χ0n) is 16.8. The molecule has 1 aliphatic heterocycles. The van der Waals surface area contributed by atoms with Crippen LogP contribution in [0, 0.1) is 6.92 Å². The second kappa shape index (κ2) is 10.3. The molecule has 0 unspecified atom stereocenters. The van der Waals surface area contributed by atoms with Crippen LogP contribution < -0.4 is 5.32 Å². The highest BCUT2D eigenvalue weighted by Crippen LogP contribution is 2.22. The molecule has 1 saturated heterocycles. The van der Waals surface area contributed by atoms with Crippen molar-refractivity contribution in [1.82, 2.24) is 4.31 Å². The third kappa shape index (κ3) is 6.32. The minimum Gasteiger partial charge on any atom is -0.326 e. The third-order valence-electron chi connectivity index (χ3n) is 4.96. The fourth-order valence-corrected chi connectivity index (χ4v) is 5.63. The lowest BCUT2D eigenvalue weighted by Crippen LogP contribution is -2.31. The number of aryl methyl sites for hydroxylation is 1. The molecule has 1 amide bonds. The Morgan fingerprint density at radius 2 is 1.59 bits per heavy atom. The van der Waals surface area contributed by atoms with Crippen LogP contribution in [0.3, 0.4) is 0 Å². The minimum atomic E-state index is -3.46. The van der Waals surface area contributed by atoms with Gasteiger partial charge in [0, 0.05) is 35.8 Å². The van der Waals surface area contributed by atoms with Gasteiger partial charge < -0.3 is 5.32 Å². The Kier molecular flexibility index (Phi) is 7.75. The molecule has 1 N–H and O–H groups in total. The summed E-state index contributed by atoms with van der Waals surface area (Å²) in [6.45, 7) is 3.21. The summed E-state index contributed by atoms with van der Waals surface area (Å²) >= 11 is 1.65. The van der Waals surface area contributed by atoms with E-state index in [2.05, 4.69) is 29.6 Å². The van der Waals surface area contributed by atoms with Crippen molar-refractivity contribution in [3.63, 3.8) is 0 Å². The van der Waals surface area contributed by atoms with Gasteiger partial charge in [0.2, 0.25) is 15.9 Å². The van der Waals surface area contributed by atoms with E-state index in [0.717, 1.165) is 30.6 Å². The average Bonchev–Trinajstić information content (AvgIpc) is 3.00. The third-order valence-corrected chi connectivity index (χ3v) is 7.89. The molecule has 0 radical (unpaired) electrons. The largest absolute Gasteiger partial charge is 0.326 e. The van der Waals surface area contributed by atoms with Gasteiger partial charge in [-0.15, -0.1) is 11.8 Å². The van der Waals surface area contributed by atoms with E-state index in [1.165, 1.54) is 5.56 Å². The van der Waals surface area contributed by atoms with Gasteiger partial charge in [0.15, 0.2) is 0 Å². The molecule has 0 aromatic heterocycles. The van der Waals surface area contributed by atoms with E-state index >= 15 is 0 Å². The number of hydrogen-bond donors (Lipinski definition) is 1. The molecule has 0 atom stereocenters. The number of nitrogens with zero attached hydrogens (tertiary/aromatic N) is 1. The van der Waals surface area contributed by atoms with Gasteiger partial charge in [-0.05, 0) is 56.2 Å². The maximum Gasteiger partial charge on any atom is 0.243 e. The summed E-state index contributed by atoms with van der Waals surface area (Å²) in [5.74, 6) is 0.615. The predicted molar refractivity (Wildman–Crippen MR) is 119 cm³/mol. The van der Waals surface area contributed by atoms with E-state index in [1.54, 1.807) is 40.3 Å². The lowest BCUT2D eigenvalue weighted by Gasteiger charge is -2.20. The van der Waals surface area contributed by atoms with Gasteiger partial charge in [-0.3, -0.25) is 4.79 Å². The standard InChI is InChI=1S/C22H28N2O3S2/c1-18-6-10-20(11-7-18)28-17-14-22(25)23-19-8-12-21(13-9-19)29(26,27)24-15-4-2-3-5-16-24/h6-13H,2-5,14-17H2,1H3,(H,23,25). The normalized spacial score (nSPS) is 15.6. The van der Waals surface area contributed by atoms with Crippen molar-refractivity contribution in [2.45, 2.75) is 48.8 Å². The van der Waals surface area contributed by atoms with Gasteiger partial charge >= 0.3 is 0 Å². The molecule has 0 spiro atoms. The summed E-state index contributed by atoms with van der Waals surface area (Å²) in [6, 6.07) is 14.7. The Balaban J connectivity index is 1.51. The first-order chi connectivity index (χ1) is 13.9. The molecule has 2 aromatic carbocycles. The summed E-state index contributed by atoms with van der Waals surface area (Å²) in [6.07, 6.45) is 4.38. The Morgan fingerprint density at radius 3 is 2.21 bits per heavy atom. The van der Waals surface area contributed by atoms with Crippen LogP contribution in [0.4, 0.5) is 5.69 Å². The van der Waals surface area contributed by atoms with Crippen LogP contribution in [0.15, 0.2) is 58.3 Å². The fourth-order valence-electron chi connectivity index (χ4n) is 3.26. The summed E-state index contributed by atoms with van der Waals surface area (Å²) in [7, 11) is -3.46. The number of benzene rings is 2. The first-order valence-corrected chi connectivity index (χ1v) is 12.5. The van der Waals surface area contributed by atoms with E-state index < -0.39 is 10.0 Å². The second-order valence-electron chi connectivity index (χ2n) is 7.30. The van der Waals surface area contributed by atoms with E-state index in [4.69, 9.17) is 0 Å². The highest BCUT2D eigenvalue weighted by molar-refractivity contribution is 7.99. The average molecular weight is 433 g/mol. The summed E-state index contributed by atoms with van der Waals surface area (Å²) < 4.78 is 27.2. The Bertz CT molecular complexity index is 902. The highest BCUT2D eigenvalue weighted by Gasteiger charge is 2.24. The molecule has 0 saturated carbocycles. The SMILES string of the molecule is Cc1ccc(SCCC(=O)Nc2ccc(S(=O)(=O)N3CCCCCC3)cc2)cc1. The first-order valence-electron chi connectivity index (χ1n) is 10.0. The van der Waals surface area contributed by atoms with Gasteiger partial charge in [0.05, 0.1) is 4.90 Å². The summed E-state index contributed by atoms with van der Waals surface area (Å²) in [5.41, 5.74) is 1.83. The van der Waals surface area contributed by atoms with E-state index in [0.29, 0.717) is 31.0 Å². The molecule has 156 valence electrons. The molecular formula is C22H28N2O3S2. The number of carbonyl (C=O) groups is 1. The molecule has 29 heavy (non-hydrogen) atoms. The predicted octanol–water partition coefficient (Wildman–Crippen LogP) is 4.68. The molecule has 1 aliphatic rings. The van der Waals surface area contributed by atoms with Crippen LogP contribution in [0.1, 0.15) is 37.7 Å². The minimum absolute atomic E-state index is 0.0762. The van der Waals surface area contributed by atoms with Crippen LogP contribution in [0.25, 0.3) is 0 Å². The van der Waals surface area contributed by atoms with E-state index in [-0.39, 0.29) is 10.8 Å². The molecule has 3 rings (SSSR count). The number of amides is 1. The van der Waals surface area contributed by atoms with Crippen LogP contribution in [0.2, 0.25) is 0 Å². The zero-order chi connectivity index (χ0) is 20.7. The molecule has 5 nitrogen and oxygen atoms in total. The number of hydrogen-bond acceptors (Lipinski definition) is 4. The lowest BCUT2D eigenvalue weighted by atomic mass is 10.2. The Labute approximate surface area is 177 Å². The molecule has 7 heteroatoms. The fraction of sp³-hybridized carbons (Fsp3) is 0.409. The summed E-state index contributed by atoms with van der Waals surface area (Å²) in [4.78, 5) is 13.6. The molecule has 0 bridgehead atoms. The van der Waals surface area contributed by atoms with Crippen LogP contribution in [0.5, 0.6) is 0 Å². The van der Waals surface area contributed by atoms with Gasteiger partial charge in [-0.1, -0.05) is 30.5 Å². The summed E-state index contributed by atoms with van der Waals surface area (Å²) in [5, 5.41) is 2.84. The topological polar surface area (TPSA) is 66.5 Å².